The number of sulfonamides is 1. The molecule has 234 valence electrons. The van der Waals surface area contributed by atoms with Crippen LogP contribution in [0.4, 0.5) is 4.79 Å². The van der Waals surface area contributed by atoms with E-state index in [-0.39, 0.29) is 17.5 Å². The van der Waals surface area contributed by atoms with Gasteiger partial charge in [-0.3, -0.25) is 9.59 Å². The van der Waals surface area contributed by atoms with Crippen LogP contribution in [-0.4, -0.2) is 69.7 Å². The van der Waals surface area contributed by atoms with Crippen LogP contribution in [0.5, 0.6) is 0 Å². The standard InChI is InChI=1S/C29H36ClN3O7S3/c1-29(2,3)40-28(36)33-13-11-18(12-14-33)5-8-21-15-19-16-24(42-27(19)41-21)25(34)31-17-23(26(35)39-4)32-43(37,38)22-9-6-20(30)7-10-22/h6-7,9-10,15-16,18,23,32H,5,8,11-14,17H2,1-4H3,(H,31,34)/t23-/m0/s1. The number of amides is 2. The fourth-order valence-corrected chi connectivity index (χ4v) is 8.40. The van der Waals surface area contributed by atoms with Crippen molar-refractivity contribution in [2.75, 3.05) is 26.7 Å². The van der Waals surface area contributed by atoms with Gasteiger partial charge in [0.2, 0.25) is 10.0 Å². The van der Waals surface area contributed by atoms with E-state index in [2.05, 4.69) is 16.1 Å². The van der Waals surface area contributed by atoms with Crippen molar-refractivity contribution in [3.05, 3.63) is 51.2 Å². The van der Waals surface area contributed by atoms with Gasteiger partial charge in [-0.25, -0.2) is 13.2 Å². The lowest BCUT2D eigenvalue weighted by atomic mass is 9.92. The monoisotopic (exact) mass is 669 g/mol. The number of halogens is 1. The lowest BCUT2D eigenvalue weighted by molar-refractivity contribution is -0.142. The van der Waals surface area contributed by atoms with E-state index in [1.165, 1.54) is 40.5 Å². The Bertz CT molecular complexity index is 1520. The average molecular weight is 670 g/mol. The third-order valence-electron chi connectivity index (χ3n) is 6.93. The highest BCUT2D eigenvalue weighted by Gasteiger charge is 2.29. The summed E-state index contributed by atoms with van der Waals surface area (Å²) >= 11 is 8.85. The van der Waals surface area contributed by atoms with Crippen molar-refractivity contribution in [1.29, 1.82) is 0 Å². The number of likely N-dealkylation sites (tertiary alicyclic amines) is 1. The van der Waals surface area contributed by atoms with E-state index < -0.39 is 33.5 Å². The number of hydrogen-bond donors (Lipinski definition) is 2. The Labute approximate surface area is 264 Å². The van der Waals surface area contributed by atoms with Crippen molar-refractivity contribution in [3.8, 4) is 0 Å². The van der Waals surface area contributed by atoms with Crippen molar-refractivity contribution in [1.82, 2.24) is 14.9 Å². The summed E-state index contributed by atoms with van der Waals surface area (Å²) in [5.41, 5.74) is -0.495. The summed E-state index contributed by atoms with van der Waals surface area (Å²) < 4.78 is 39.0. The van der Waals surface area contributed by atoms with Crippen LogP contribution in [0.2, 0.25) is 5.02 Å². The van der Waals surface area contributed by atoms with E-state index in [4.69, 9.17) is 21.1 Å². The first kappa shape index (κ1) is 33.2. The molecule has 0 saturated carbocycles. The highest BCUT2D eigenvalue weighted by Crippen LogP contribution is 2.35. The molecule has 10 nitrogen and oxygen atoms in total. The van der Waals surface area contributed by atoms with E-state index >= 15 is 0 Å². The van der Waals surface area contributed by atoms with Gasteiger partial charge in [0.15, 0.2) is 0 Å². The summed E-state index contributed by atoms with van der Waals surface area (Å²) in [6.07, 6.45) is 3.62. The van der Waals surface area contributed by atoms with Crippen molar-refractivity contribution in [2.45, 2.75) is 63.0 Å². The van der Waals surface area contributed by atoms with Gasteiger partial charge in [-0.05, 0) is 88.8 Å². The van der Waals surface area contributed by atoms with Crippen molar-refractivity contribution >= 4 is 71.7 Å². The number of thiophene rings is 2. The molecule has 1 saturated heterocycles. The Hall–Kier alpha value is -2.71. The molecule has 0 bridgehead atoms. The molecule has 3 heterocycles. The number of fused-ring (bicyclic) bond motifs is 1. The number of hydrogen-bond acceptors (Lipinski definition) is 9. The molecular formula is C29H36ClN3O7S3. The Kier molecular flexibility index (Phi) is 10.8. The Morgan fingerprint density at radius 3 is 2.37 bits per heavy atom. The van der Waals surface area contributed by atoms with E-state index in [1.54, 1.807) is 22.3 Å². The van der Waals surface area contributed by atoms with Crippen LogP contribution in [0.15, 0.2) is 41.3 Å². The largest absolute Gasteiger partial charge is 0.468 e. The minimum Gasteiger partial charge on any atom is -0.468 e. The molecule has 2 N–H and O–H groups in total. The molecule has 1 aromatic carbocycles. The van der Waals surface area contributed by atoms with Crippen molar-refractivity contribution in [3.63, 3.8) is 0 Å². The lowest BCUT2D eigenvalue weighted by Crippen LogP contribution is -2.48. The number of carbonyl (C=O) groups excluding carboxylic acids is 3. The number of benzene rings is 1. The predicted octanol–water partition coefficient (Wildman–Crippen LogP) is 5.45. The van der Waals surface area contributed by atoms with Gasteiger partial charge in [0.1, 0.15) is 11.6 Å². The molecule has 3 aromatic rings. The third kappa shape index (κ3) is 9.15. The van der Waals surface area contributed by atoms with Crippen LogP contribution in [0.25, 0.3) is 9.40 Å². The molecule has 2 amide bonds. The molecule has 43 heavy (non-hydrogen) atoms. The van der Waals surface area contributed by atoms with Gasteiger partial charge in [-0.2, -0.15) is 4.72 Å². The lowest BCUT2D eigenvalue weighted by Gasteiger charge is -2.33. The molecule has 4 rings (SSSR count). The summed E-state index contributed by atoms with van der Waals surface area (Å²) in [6, 6.07) is 8.07. The number of nitrogens with one attached hydrogen (secondary N) is 2. The van der Waals surface area contributed by atoms with Gasteiger partial charge in [0, 0.05) is 34.9 Å². The fraction of sp³-hybridized carbons (Fsp3) is 0.483. The van der Waals surface area contributed by atoms with E-state index in [0.717, 1.165) is 42.2 Å². The van der Waals surface area contributed by atoms with Crippen LogP contribution in [-0.2, 0) is 30.7 Å². The number of aryl methyl sites for hydroxylation is 1. The van der Waals surface area contributed by atoms with Gasteiger partial charge in [0.05, 0.1) is 20.9 Å². The number of esters is 1. The zero-order chi connectivity index (χ0) is 31.4. The molecule has 14 heteroatoms. The summed E-state index contributed by atoms with van der Waals surface area (Å²) in [5.74, 6) is -0.698. The molecular weight excluding hydrogens is 634 g/mol. The van der Waals surface area contributed by atoms with Crippen LogP contribution in [0, 0.1) is 5.92 Å². The zero-order valence-corrected chi connectivity index (χ0v) is 27.7. The second kappa shape index (κ2) is 13.9. The molecule has 0 aliphatic carbocycles. The zero-order valence-electron chi connectivity index (χ0n) is 24.5. The minimum absolute atomic E-state index is 0.0716. The van der Waals surface area contributed by atoms with Gasteiger partial charge in [-0.1, -0.05) is 11.6 Å². The first-order chi connectivity index (χ1) is 20.2. The molecule has 1 atom stereocenters. The van der Waals surface area contributed by atoms with E-state index in [9.17, 15) is 22.8 Å². The van der Waals surface area contributed by atoms with Gasteiger partial charge < -0.3 is 19.7 Å². The maximum atomic E-state index is 12.9. The molecule has 0 radical (unpaired) electrons. The summed E-state index contributed by atoms with van der Waals surface area (Å²) in [5, 5.41) is 3.99. The quantitative estimate of drug-likeness (QED) is 0.275. The van der Waals surface area contributed by atoms with Crippen LogP contribution < -0.4 is 10.0 Å². The van der Waals surface area contributed by atoms with Crippen LogP contribution >= 0.6 is 34.3 Å². The number of carbonyl (C=O) groups is 3. The molecule has 1 aliphatic rings. The molecule has 0 spiro atoms. The number of nitrogens with zero attached hydrogens (tertiary/aromatic N) is 1. The van der Waals surface area contributed by atoms with Crippen LogP contribution in [0.3, 0.4) is 0 Å². The molecule has 2 aromatic heterocycles. The summed E-state index contributed by atoms with van der Waals surface area (Å²) in [7, 11) is -2.92. The maximum Gasteiger partial charge on any atom is 0.410 e. The third-order valence-corrected chi connectivity index (χ3v) is 11.1. The average Bonchev–Trinajstić information content (AvgIpc) is 3.52. The first-order valence-corrected chi connectivity index (χ1v) is 17.4. The second-order valence-electron chi connectivity index (χ2n) is 11.4. The second-order valence-corrected chi connectivity index (χ2v) is 16.0. The van der Waals surface area contributed by atoms with Crippen LogP contribution in [0.1, 0.15) is 54.6 Å². The number of piperidine rings is 1. The van der Waals surface area contributed by atoms with Gasteiger partial charge in [-0.15, -0.1) is 22.7 Å². The molecule has 1 fully saturated rings. The highest BCUT2D eigenvalue weighted by atomic mass is 35.5. The fourth-order valence-electron chi connectivity index (χ4n) is 4.67. The Morgan fingerprint density at radius 1 is 1.09 bits per heavy atom. The Balaban J connectivity index is 1.28. The number of ether oxygens (including phenoxy) is 2. The Morgan fingerprint density at radius 2 is 1.77 bits per heavy atom. The van der Waals surface area contributed by atoms with Crippen molar-refractivity contribution < 1.29 is 32.3 Å². The van der Waals surface area contributed by atoms with Gasteiger partial charge >= 0.3 is 12.1 Å². The maximum absolute atomic E-state index is 12.9. The summed E-state index contributed by atoms with van der Waals surface area (Å²) in [4.78, 5) is 40.9. The number of methoxy groups -OCH3 is 1. The molecule has 1 aliphatic heterocycles. The number of rotatable bonds is 10. The first-order valence-electron chi connectivity index (χ1n) is 13.9. The van der Waals surface area contributed by atoms with E-state index in [0.29, 0.717) is 28.9 Å². The molecule has 0 unspecified atom stereocenters. The smallest absolute Gasteiger partial charge is 0.410 e. The minimum atomic E-state index is -4.07. The predicted molar refractivity (Wildman–Crippen MR) is 168 cm³/mol. The summed E-state index contributed by atoms with van der Waals surface area (Å²) in [6.45, 7) is 6.74. The van der Waals surface area contributed by atoms with Gasteiger partial charge in [0.25, 0.3) is 5.91 Å². The van der Waals surface area contributed by atoms with E-state index in [1.807, 2.05) is 20.8 Å². The topological polar surface area (TPSA) is 131 Å². The normalized spacial score (nSPS) is 15.3. The highest BCUT2D eigenvalue weighted by molar-refractivity contribution is 7.89. The SMILES string of the molecule is COC(=O)[C@H](CNC(=O)c1cc2cc(CCC3CCN(C(=O)OC(C)(C)C)CC3)sc2s1)NS(=O)(=O)c1ccc(Cl)cc1. The van der Waals surface area contributed by atoms with Crippen molar-refractivity contribution in [2.24, 2.45) is 5.92 Å².